The number of methoxy groups -OCH3 is 1. The molecule has 4 heterocycles. The minimum absolute atomic E-state index is 0.0560. The summed E-state index contributed by atoms with van der Waals surface area (Å²) in [5.74, 6) is -9.15. The zero-order valence-electron chi connectivity index (χ0n) is 37.6. The molecule has 1 saturated carbocycles. The van der Waals surface area contributed by atoms with E-state index < -0.39 is 82.7 Å². The van der Waals surface area contributed by atoms with Crippen molar-refractivity contribution < 1.29 is 58.6 Å². The Morgan fingerprint density at radius 3 is 2.25 bits per heavy atom. The van der Waals surface area contributed by atoms with Gasteiger partial charge in [0, 0.05) is 93.4 Å². The summed E-state index contributed by atoms with van der Waals surface area (Å²) in [5, 5.41) is 56.0. The van der Waals surface area contributed by atoms with E-state index >= 15 is 0 Å². The molecule has 1 aliphatic carbocycles. The van der Waals surface area contributed by atoms with Gasteiger partial charge >= 0.3 is 11.8 Å². The number of hydrogen-bond donors (Lipinski definition) is 5. The first-order valence-corrected chi connectivity index (χ1v) is 21.8. The minimum atomic E-state index is -2.05. The summed E-state index contributed by atoms with van der Waals surface area (Å²) in [7, 11) is 1.43. The first kappa shape index (κ1) is 47.0. The van der Waals surface area contributed by atoms with E-state index in [1.165, 1.54) is 91.2 Å². The van der Waals surface area contributed by atoms with Crippen molar-refractivity contribution in [3.05, 3.63) is 52.8 Å². The molecule has 5 N–H and O–H groups in total. The number of Topliss-reactive ketones (excluding diaryl/α,β-unsaturated/α-hetero) is 2. The number of nitrogens with zero attached hydrogens (tertiary/aromatic N) is 3. The summed E-state index contributed by atoms with van der Waals surface area (Å²) < 4.78 is 23.7. The monoisotopic (exact) mass is 874 g/mol. The molecule has 1 amide bonds. The second kappa shape index (κ2) is 19.1. The van der Waals surface area contributed by atoms with Gasteiger partial charge in [0.2, 0.25) is 0 Å². The number of piperazine rings is 1. The van der Waals surface area contributed by atoms with Crippen LogP contribution < -0.4 is 10.1 Å². The molecule has 0 unspecified atom stereocenters. The van der Waals surface area contributed by atoms with Gasteiger partial charge in [-0.1, -0.05) is 58.8 Å². The van der Waals surface area contributed by atoms with E-state index in [1.54, 1.807) is 33.8 Å². The third-order valence-electron chi connectivity index (χ3n) is 13.3. The number of nitrogens with one attached hydrogen (secondary N) is 1. The van der Waals surface area contributed by atoms with Crippen molar-refractivity contribution in [3.63, 3.8) is 0 Å². The molecular formula is C47H62N4O12. The SMILES string of the molecule is CO[C@H]1/C=C/O[C@@]2(C)Oc3c(C)c(O)c4c(O)c(c(/C=N/N5CCN(C6CCCC6)CC5)c(O)c4c3C2=O)NC(=O)/C(C)=C\C=C\[C@H](C)C(=O)[C@@H](C)[C@@H](O)[C@@H](C)[C@H](OC(C)=O)[C@@H]1C. The molecule has 2 aromatic carbocycles. The van der Waals surface area contributed by atoms with Crippen molar-refractivity contribution in [2.24, 2.45) is 28.8 Å². The molecule has 0 radical (unpaired) electrons. The summed E-state index contributed by atoms with van der Waals surface area (Å²) in [6.07, 6.45) is 10.4. The number of carbonyl (C=O) groups excluding carboxylic acids is 4. The maximum Gasteiger partial charge on any atom is 0.312 e. The summed E-state index contributed by atoms with van der Waals surface area (Å²) in [6, 6.07) is 0.549. The van der Waals surface area contributed by atoms with Gasteiger partial charge in [-0.2, -0.15) is 5.10 Å². The number of hydrazone groups is 1. The third kappa shape index (κ3) is 9.30. The Morgan fingerprint density at radius 2 is 1.62 bits per heavy atom. The maximum absolute atomic E-state index is 14.5. The Kier molecular flexibility index (Phi) is 14.3. The van der Waals surface area contributed by atoms with Crippen molar-refractivity contribution in [1.29, 1.82) is 0 Å². The highest BCUT2D eigenvalue weighted by Gasteiger charge is 2.50. The number of phenols is 3. The summed E-state index contributed by atoms with van der Waals surface area (Å²) in [6.45, 7) is 15.1. The molecule has 4 aliphatic heterocycles. The smallest absolute Gasteiger partial charge is 0.312 e. The molecule has 0 aromatic heterocycles. The van der Waals surface area contributed by atoms with Gasteiger partial charge in [0.15, 0.2) is 5.75 Å². The molecule has 7 rings (SSSR count). The molecule has 1 saturated heterocycles. The third-order valence-corrected chi connectivity index (χ3v) is 13.3. The van der Waals surface area contributed by atoms with E-state index in [4.69, 9.17) is 18.9 Å². The first-order chi connectivity index (χ1) is 29.8. The van der Waals surface area contributed by atoms with Crippen LogP contribution in [0, 0.1) is 30.6 Å². The molecule has 16 heteroatoms. The summed E-state index contributed by atoms with van der Waals surface area (Å²) >= 11 is 0. The number of hydrogen-bond acceptors (Lipinski definition) is 15. The molecule has 5 bridgehead atoms. The zero-order chi connectivity index (χ0) is 46.1. The molecule has 5 aliphatic rings. The topological polar surface area (TPSA) is 217 Å². The van der Waals surface area contributed by atoms with Gasteiger partial charge in [-0.3, -0.25) is 29.1 Å². The summed E-state index contributed by atoms with van der Waals surface area (Å²) in [5.41, 5.74) is -0.362. The number of amides is 1. The van der Waals surface area contributed by atoms with Gasteiger partial charge in [-0.15, -0.1) is 0 Å². The Morgan fingerprint density at radius 1 is 0.952 bits per heavy atom. The second-order valence-electron chi connectivity index (χ2n) is 17.6. The van der Waals surface area contributed by atoms with E-state index in [0.717, 1.165) is 13.1 Å². The lowest BCUT2D eigenvalue weighted by Gasteiger charge is -2.36. The quantitative estimate of drug-likeness (QED) is 0.103. The molecule has 2 fully saturated rings. The number of anilines is 1. The number of esters is 1. The number of aliphatic hydroxyl groups is 1. The van der Waals surface area contributed by atoms with E-state index in [9.17, 15) is 39.6 Å². The average molecular weight is 875 g/mol. The van der Waals surface area contributed by atoms with E-state index in [-0.39, 0.29) is 50.3 Å². The highest BCUT2D eigenvalue weighted by atomic mass is 16.7. The minimum Gasteiger partial charge on any atom is -0.507 e. The van der Waals surface area contributed by atoms with Crippen LogP contribution in [0.4, 0.5) is 5.69 Å². The van der Waals surface area contributed by atoms with E-state index in [1.807, 2.05) is 5.01 Å². The van der Waals surface area contributed by atoms with Crippen LogP contribution in [0.15, 0.2) is 41.2 Å². The number of fused-ring (bicyclic) bond motifs is 14. The fraction of sp³-hybridized carbons (Fsp3) is 0.553. The number of ether oxygens (including phenoxy) is 4. The van der Waals surface area contributed by atoms with Crippen molar-refractivity contribution >= 4 is 46.1 Å². The molecule has 0 spiro atoms. The number of allylic oxidation sites excluding steroid dienone is 3. The van der Waals surface area contributed by atoms with Gasteiger partial charge in [0.05, 0.1) is 46.9 Å². The van der Waals surface area contributed by atoms with Crippen LogP contribution in [0.25, 0.3) is 10.8 Å². The standard InChI is InChI=1S/C47H62N4O12/c1-24-13-12-14-25(2)46(59)49-37-32(23-48-51-20-18-50(19-21-51)31-15-10-11-16-31)41(56)34-35(42(37)57)40(55)29(6)44-36(34)45(58)47(8,63-44)61-22-17-33(60-9)26(3)43(62-30(7)52)28(5)39(54)27(4)38(24)53/h12-14,17,22-24,26-28,31,33,39,43,54-57H,10-11,15-16,18-21H2,1-9H3,(H,49,59)/b13-12+,22-17+,25-14-,48-23+/t24-,26+,27+,28+,33-,39+,43+,47-/m0/s1. The van der Waals surface area contributed by atoms with Gasteiger partial charge < -0.3 is 44.7 Å². The van der Waals surface area contributed by atoms with Gasteiger partial charge in [0.25, 0.3) is 11.7 Å². The van der Waals surface area contributed by atoms with Crippen LogP contribution in [0.5, 0.6) is 23.0 Å². The first-order valence-electron chi connectivity index (χ1n) is 21.8. The average Bonchev–Trinajstić information content (AvgIpc) is 3.89. The number of ketones is 2. The van der Waals surface area contributed by atoms with Crippen LogP contribution in [0.2, 0.25) is 0 Å². The molecule has 8 atom stereocenters. The number of rotatable bonds is 5. The molecule has 2 aromatic rings. The van der Waals surface area contributed by atoms with Crippen molar-refractivity contribution in [2.45, 2.75) is 111 Å². The van der Waals surface area contributed by atoms with Gasteiger partial charge in [-0.05, 0) is 32.8 Å². The number of aliphatic hydroxyl groups excluding tert-OH is 1. The molecule has 16 nitrogen and oxygen atoms in total. The Balaban J connectivity index is 1.47. The highest BCUT2D eigenvalue weighted by Crippen LogP contribution is 2.55. The fourth-order valence-electron chi connectivity index (χ4n) is 9.32. The van der Waals surface area contributed by atoms with Crippen LogP contribution in [-0.2, 0) is 28.6 Å². The lowest BCUT2D eigenvalue weighted by atomic mass is 9.79. The zero-order valence-corrected chi connectivity index (χ0v) is 37.6. The Hall–Kier alpha value is -5.45. The van der Waals surface area contributed by atoms with Crippen LogP contribution >= 0.6 is 0 Å². The van der Waals surface area contributed by atoms with E-state index in [0.29, 0.717) is 19.1 Å². The Bertz CT molecular complexity index is 2240. The van der Waals surface area contributed by atoms with Crippen molar-refractivity contribution in [1.82, 2.24) is 9.91 Å². The van der Waals surface area contributed by atoms with Crippen LogP contribution in [0.3, 0.4) is 0 Å². The van der Waals surface area contributed by atoms with Gasteiger partial charge in [0.1, 0.15) is 29.1 Å². The molecular weight excluding hydrogens is 813 g/mol. The van der Waals surface area contributed by atoms with Gasteiger partial charge in [-0.25, -0.2) is 0 Å². The predicted octanol–water partition coefficient (Wildman–Crippen LogP) is 5.86. The molecule has 342 valence electrons. The number of aromatic hydroxyl groups is 3. The largest absolute Gasteiger partial charge is 0.507 e. The number of benzene rings is 2. The summed E-state index contributed by atoms with van der Waals surface area (Å²) in [4.78, 5) is 56.8. The van der Waals surface area contributed by atoms with Crippen molar-refractivity contribution in [2.75, 3.05) is 38.6 Å². The number of phenolic OH excluding ortho intramolecular Hbond substituents is 3. The van der Waals surface area contributed by atoms with E-state index in [2.05, 4.69) is 15.3 Å². The fourth-order valence-corrected chi connectivity index (χ4v) is 9.32. The lowest BCUT2D eigenvalue weighted by Crippen LogP contribution is -2.47. The Labute approximate surface area is 368 Å². The predicted molar refractivity (Wildman–Crippen MR) is 236 cm³/mol. The number of carbonyl (C=O) groups is 4. The van der Waals surface area contributed by atoms with Crippen LogP contribution in [-0.4, -0.2) is 123 Å². The second-order valence-corrected chi connectivity index (χ2v) is 17.6. The maximum atomic E-state index is 14.5. The molecule has 63 heavy (non-hydrogen) atoms. The van der Waals surface area contributed by atoms with Crippen molar-refractivity contribution in [3.8, 4) is 23.0 Å². The van der Waals surface area contributed by atoms with Crippen LogP contribution in [0.1, 0.15) is 95.6 Å². The highest BCUT2D eigenvalue weighted by molar-refractivity contribution is 6.23. The lowest BCUT2D eigenvalue weighted by molar-refractivity contribution is -0.159. The normalized spacial score (nSPS) is 31.2.